The summed E-state index contributed by atoms with van der Waals surface area (Å²) >= 11 is 0. The highest BCUT2D eigenvalue weighted by molar-refractivity contribution is 5.32. The Kier molecular flexibility index (Phi) is 3.94. The fourth-order valence-corrected chi connectivity index (χ4v) is 2.30. The molecular weight excluding hydrogens is 212 g/mol. The molecule has 1 N–H and O–H groups in total. The standard InChI is InChI=1S/C13H22N4/c1-10(2)17-7-5-12(9-17)8-15-13-4-6-14-11(3)16-13/h4,6,10,12H,5,7-9H2,1-3H3,(H,14,15,16). The number of nitrogens with one attached hydrogen (secondary N) is 1. The number of hydrogen-bond acceptors (Lipinski definition) is 4. The van der Waals surface area contributed by atoms with Crippen molar-refractivity contribution in [1.82, 2.24) is 14.9 Å². The SMILES string of the molecule is Cc1nccc(NCC2CCN(C(C)C)C2)n1. The molecule has 1 aromatic heterocycles. The van der Waals surface area contributed by atoms with Crippen molar-refractivity contribution in [1.29, 1.82) is 0 Å². The molecule has 1 aromatic rings. The Morgan fingerprint density at radius 1 is 1.53 bits per heavy atom. The van der Waals surface area contributed by atoms with Gasteiger partial charge in [0.05, 0.1) is 0 Å². The molecule has 1 atom stereocenters. The summed E-state index contributed by atoms with van der Waals surface area (Å²) in [4.78, 5) is 11.0. The molecule has 0 amide bonds. The van der Waals surface area contributed by atoms with Crippen LogP contribution < -0.4 is 5.32 Å². The van der Waals surface area contributed by atoms with Crippen LogP contribution in [0, 0.1) is 12.8 Å². The molecule has 0 spiro atoms. The van der Waals surface area contributed by atoms with Gasteiger partial charge in [-0.3, -0.25) is 0 Å². The van der Waals surface area contributed by atoms with Crippen molar-refractivity contribution in [2.24, 2.45) is 5.92 Å². The van der Waals surface area contributed by atoms with E-state index in [1.165, 1.54) is 19.5 Å². The maximum absolute atomic E-state index is 4.35. The Morgan fingerprint density at radius 2 is 2.35 bits per heavy atom. The number of aryl methyl sites for hydroxylation is 1. The van der Waals surface area contributed by atoms with Gasteiger partial charge >= 0.3 is 0 Å². The van der Waals surface area contributed by atoms with E-state index < -0.39 is 0 Å². The second-order valence-corrected chi connectivity index (χ2v) is 5.11. The summed E-state index contributed by atoms with van der Waals surface area (Å²) in [6, 6.07) is 2.60. The number of rotatable bonds is 4. The first-order chi connectivity index (χ1) is 8.15. The summed E-state index contributed by atoms with van der Waals surface area (Å²) in [5, 5.41) is 3.41. The largest absolute Gasteiger partial charge is 0.370 e. The lowest BCUT2D eigenvalue weighted by atomic mass is 10.1. The third-order valence-electron chi connectivity index (χ3n) is 3.40. The molecule has 1 fully saturated rings. The number of nitrogens with zero attached hydrogens (tertiary/aromatic N) is 3. The summed E-state index contributed by atoms with van der Waals surface area (Å²) in [7, 11) is 0. The monoisotopic (exact) mass is 234 g/mol. The maximum Gasteiger partial charge on any atom is 0.129 e. The molecule has 0 radical (unpaired) electrons. The van der Waals surface area contributed by atoms with Gasteiger partial charge in [0, 0.05) is 25.3 Å². The molecule has 0 saturated carbocycles. The summed E-state index contributed by atoms with van der Waals surface area (Å²) in [5.74, 6) is 2.51. The van der Waals surface area contributed by atoms with Gasteiger partial charge in [0.2, 0.25) is 0 Å². The third kappa shape index (κ3) is 3.40. The lowest BCUT2D eigenvalue weighted by Gasteiger charge is -2.20. The molecule has 94 valence electrons. The van der Waals surface area contributed by atoms with Crippen LogP contribution in [-0.4, -0.2) is 40.5 Å². The van der Waals surface area contributed by atoms with Gasteiger partial charge in [-0.25, -0.2) is 9.97 Å². The van der Waals surface area contributed by atoms with Crippen LogP contribution in [0.15, 0.2) is 12.3 Å². The Morgan fingerprint density at radius 3 is 3.00 bits per heavy atom. The van der Waals surface area contributed by atoms with Crippen molar-refractivity contribution >= 4 is 5.82 Å². The summed E-state index contributed by atoms with van der Waals surface area (Å²) in [5.41, 5.74) is 0. The molecule has 0 aliphatic carbocycles. The summed E-state index contributed by atoms with van der Waals surface area (Å²) in [6.45, 7) is 9.90. The van der Waals surface area contributed by atoms with Gasteiger partial charge < -0.3 is 10.2 Å². The fourth-order valence-electron chi connectivity index (χ4n) is 2.30. The predicted octanol–water partition coefficient (Wildman–Crippen LogP) is 1.93. The van der Waals surface area contributed by atoms with E-state index >= 15 is 0 Å². The average Bonchev–Trinajstić information content (AvgIpc) is 2.75. The molecule has 0 aromatic carbocycles. The molecule has 2 rings (SSSR count). The van der Waals surface area contributed by atoms with Crippen molar-refractivity contribution in [2.75, 3.05) is 25.0 Å². The van der Waals surface area contributed by atoms with Gasteiger partial charge in [-0.05, 0) is 45.7 Å². The van der Waals surface area contributed by atoms with Gasteiger partial charge in [0.25, 0.3) is 0 Å². The van der Waals surface area contributed by atoms with Gasteiger partial charge in [0.1, 0.15) is 11.6 Å². The second kappa shape index (κ2) is 5.45. The highest BCUT2D eigenvalue weighted by atomic mass is 15.2. The molecule has 1 aliphatic rings. The van der Waals surface area contributed by atoms with E-state index in [2.05, 4.69) is 34.0 Å². The molecule has 1 unspecified atom stereocenters. The minimum Gasteiger partial charge on any atom is -0.370 e. The molecule has 2 heterocycles. The molecular formula is C13H22N4. The van der Waals surface area contributed by atoms with E-state index in [1.807, 2.05) is 13.0 Å². The van der Waals surface area contributed by atoms with Crippen molar-refractivity contribution < 1.29 is 0 Å². The van der Waals surface area contributed by atoms with E-state index in [0.29, 0.717) is 6.04 Å². The number of hydrogen-bond donors (Lipinski definition) is 1. The van der Waals surface area contributed by atoms with E-state index in [0.717, 1.165) is 24.1 Å². The zero-order valence-electron chi connectivity index (χ0n) is 11.0. The van der Waals surface area contributed by atoms with Gasteiger partial charge in [-0.15, -0.1) is 0 Å². The molecule has 17 heavy (non-hydrogen) atoms. The van der Waals surface area contributed by atoms with Crippen LogP contribution >= 0.6 is 0 Å². The van der Waals surface area contributed by atoms with E-state index in [4.69, 9.17) is 0 Å². The molecule has 4 heteroatoms. The smallest absolute Gasteiger partial charge is 0.129 e. The Labute approximate surface area is 103 Å². The van der Waals surface area contributed by atoms with Crippen LogP contribution in [0.25, 0.3) is 0 Å². The third-order valence-corrected chi connectivity index (χ3v) is 3.40. The van der Waals surface area contributed by atoms with E-state index in [-0.39, 0.29) is 0 Å². The highest BCUT2D eigenvalue weighted by Crippen LogP contribution is 2.18. The molecule has 1 aliphatic heterocycles. The minimum absolute atomic E-state index is 0.668. The lowest BCUT2D eigenvalue weighted by molar-refractivity contribution is 0.266. The summed E-state index contributed by atoms with van der Waals surface area (Å²) in [6.07, 6.45) is 3.09. The van der Waals surface area contributed by atoms with Crippen molar-refractivity contribution in [2.45, 2.75) is 33.2 Å². The maximum atomic E-state index is 4.35. The van der Waals surface area contributed by atoms with Crippen LogP contribution in [0.4, 0.5) is 5.82 Å². The van der Waals surface area contributed by atoms with Gasteiger partial charge in [-0.2, -0.15) is 0 Å². The lowest BCUT2D eigenvalue weighted by Crippen LogP contribution is -2.29. The van der Waals surface area contributed by atoms with Crippen LogP contribution in [-0.2, 0) is 0 Å². The van der Waals surface area contributed by atoms with Crippen molar-refractivity contribution in [3.05, 3.63) is 18.1 Å². The van der Waals surface area contributed by atoms with E-state index in [9.17, 15) is 0 Å². The average molecular weight is 234 g/mol. The number of anilines is 1. The zero-order valence-corrected chi connectivity index (χ0v) is 11.0. The fraction of sp³-hybridized carbons (Fsp3) is 0.692. The van der Waals surface area contributed by atoms with Crippen molar-refractivity contribution in [3.8, 4) is 0 Å². The van der Waals surface area contributed by atoms with Gasteiger partial charge in [-0.1, -0.05) is 0 Å². The Hall–Kier alpha value is -1.16. The minimum atomic E-state index is 0.668. The zero-order chi connectivity index (χ0) is 12.3. The van der Waals surface area contributed by atoms with Crippen LogP contribution in [0.1, 0.15) is 26.1 Å². The predicted molar refractivity (Wildman–Crippen MR) is 70.1 cm³/mol. The molecule has 1 saturated heterocycles. The first-order valence-electron chi connectivity index (χ1n) is 6.42. The number of likely N-dealkylation sites (tertiary alicyclic amines) is 1. The first-order valence-corrected chi connectivity index (χ1v) is 6.42. The Balaban J connectivity index is 1.80. The van der Waals surface area contributed by atoms with Crippen molar-refractivity contribution in [3.63, 3.8) is 0 Å². The normalized spacial score (nSPS) is 21.1. The highest BCUT2D eigenvalue weighted by Gasteiger charge is 2.23. The summed E-state index contributed by atoms with van der Waals surface area (Å²) < 4.78 is 0. The van der Waals surface area contributed by atoms with Crippen LogP contribution in [0.3, 0.4) is 0 Å². The van der Waals surface area contributed by atoms with Crippen LogP contribution in [0.5, 0.6) is 0 Å². The number of aromatic nitrogens is 2. The molecule has 4 nitrogen and oxygen atoms in total. The van der Waals surface area contributed by atoms with Crippen LogP contribution in [0.2, 0.25) is 0 Å². The second-order valence-electron chi connectivity index (χ2n) is 5.11. The first kappa shape index (κ1) is 12.3. The Bertz CT molecular complexity index is 364. The van der Waals surface area contributed by atoms with E-state index in [1.54, 1.807) is 6.20 Å². The topological polar surface area (TPSA) is 41.1 Å². The quantitative estimate of drug-likeness (QED) is 0.864. The molecule has 0 bridgehead atoms. The van der Waals surface area contributed by atoms with Gasteiger partial charge in [0.15, 0.2) is 0 Å².